The van der Waals surface area contributed by atoms with E-state index in [0.29, 0.717) is 6.04 Å². The standard InChI is InChI=1S/C10H14ClN3/c11-7-2-1-3-8(4-7)14-10-6-13-5-9(10)12/h1-4,9-10,13-14H,5-6,12H2. The van der Waals surface area contributed by atoms with E-state index in [1.165, 1.54) is 0 Å². The van der Waals surface area contributed by atoms with Crippen LogP contribution in [0.1, 0.15) is 0 Å². The van der Waals surface area contributed by atoms with Crippen molar-refractivity contribution in [1.29, 1.82) is 0 Å². The molecule has 2 unspecified atom stereocenters. The number of hydrogen-bond acceptors (Lipinski definition) is 3. The fraction of sp³-hybridized carbons (Fsp3) is 0.400. The summed E-state index contributed by atoms with van der Waals surface area (Å²) >= 11 is 5.88. The highest BCUT2D eigenvalue weighted by Crippen LogP contribution is 2.16. The molecule has 0 spiro atoms. The number of benzene rings is 1. The Bertz CT molecular complexity index is 316. The Balaban J connectivity index is 2.03. The molecule has 1 aliphatic heterocycles. The van der Waals surface area contributed by atoms with E-state index in [9.17, 15) is 0 Å². The summed E-state index contributed by atoms with van der Waals surface area (Å²) in [5, 5.41) is 7.34. The zero-order valence-electron chi connectivity index (χ0n) is 7.83. The van der Waals surface area contributed by atoms with E-state index < -0.39 is 0 Å². The highest BCUT2D eigenvalue weighted by molar-refractivity contribution is 6.30. The largest absolute Gasteiger partial charge is 0.379 e. The zero-order valence-corrected chi connectivity index (χ0v) is 8.59. The second kappa shape index (κ2) is 4.17. The predicted octanol–water partition coefficient (Wildman–Crippen LogP) is 1.05. The van der Waals surface area contributed by atoms with Gasteiger partial charge in [0.05, 0.1) is 6.04 Å². The van der Waals surface area contributed by atoms with Crippen LogP contribution in [0.15, 0.2) is 24.3 Å². The van der Waals surface area contributed by atoms with Crippen molar-refractivity contribution < 1.29 is 0 Å². The Labute approximate surface area is 88.6 Å². The van der Waals surface area contributed by atoms with Crippen LogP contribution in [-0.2, 0) is 0 Å². The van der Waals surface area contributed by atoms with Crippen LogP contribution in [-0.4, -0.2) is 25.2 Å². The molecule has 1 aromatic rings. The van der Waals surface area contributed by atoms with Crippen molar-refractivity contribution in [3.63, 3.8) is 0 Å². The molecule has 1 heterocycles. The molecular weight excluding hydrogens is 198 g/mol. The zero-order chi connectivity index (χ0) is 9.97. The van der Waals surface area contributed by atoms with E-state index in [0.717, 1.165) is 23.8 Å². The lowest BCUT2D eigenvalue weighted by molar-refractivity contribution is 0.678. The van der Waals surface area contributed by atoms with Gasteiger partial charge in [-0.3, -0.25) is 0 Å². The third-order valence-electron chi connectivity index (χ3n) is 2.44. The van der Waals surface area contributed by atoms with Crippen LogP contribution in [0.2, 0.25) is 5.02 Å². The number of rotatable bonds is 2. The SMILES string of the molecule is NC1CNCC1Nc1cccc(Cl)c1. The van der Waals surface area contributed by atoms with E-state index in [4.69, 9.17) is 17.3 Å². The molecule has 1 aliphatic rings. The summed E-state index contributed by atoms with van der Waals surface area (Å²) in [7, 11) is 0. The summed E-state index contributed by atoms with van der Waals surface area (Å²) in [6.45, 7) is 1.78. The van der Waals surface area contributed by atoms with Gasteiger partial charge in [0, 0.05) is 29.8 Å². The van der Waals surface area contributed by atoms with Gasteiger partial charge in [-0.25, -0.2) is 0 Å². The number of nitrogens with one attached hydrogen (secondary N) is 2. The fourth-order valence-electron chi connectivity index (χ4n) is 1.65. The van der Waals surface area contributed by atoms with E-state index in [1.54, 1.807) is 0 Å². The number of anilines is 1. The van der Waals surface area contributed by atoms with Crippen molar-refractivity contribution in [3.05, 3.63) is 29.3 Å². The number of halogens is 1. The van der Waals surface area contributed by atoms with Gasteiger partial charge >= 0.3 is 0 Å². The Hall–Kier alpha value is -0.770. The average Bonchev–Trinajstić information content (AvgIpc) is 2.52. The number of hydrogen-bond donors (Lipinski definition) is 3. The number of nitrogens with two attached hydrogens (primary N) is 1. The summed E-state index contributed by atoms with van der Waals surface area (Å²) in [5.41, 5.74) is 6.94. The van der Waals surface area contributed by atoms with Crippen molar-refractivity contribution in [2.75, 3.05) is 18.4 Å². The monoisotopic (exact) mass is 211 g/mol. The molecule has 1 fully saturated rings. The highest BCUT2D eigenvalue weighted by Gasteiger charge is 2.22. The highest BCUT2D eigenvalue weighted by atomic mass is 35.5. The summed E-state index contributed by atoms with van der Waals surface area (Å²) in [6.07, 6.45) is 0. The minimum atomic E-state index is 0.175. The maximum atomic E-state index is 5.91. The molecular formula is C10H14ClN3. The van der Waals surface area contributed by atoms with E-state index in [-0.39, 0.29) is 6.04 Å². The summed E-state index contributed by atoms with van der Waals surface area (Å²) in [5.74, 6) is 0. The van der Waals surface area contributed by atoms with E-state index in [2.05, 4.69) is 10.6 Å². The normalized spacial score (nSPS) is 26.4. The molecule has 4 N–H and O–H groups in total. The Kier molecular flexibility index (Phi) is 2.91. The minimum Gasteiger partial charge on any atom is -0.379 e. The van der Waals surface area contributed by atoms with Crippen molar-refractivity contribution in [2.24, 2.45) is 5.73 Å². The third-order valence-corrected chi connectivity index (χ3v) is 2.67. The molecule has 0 radical (unpaired) electrons. The average molecular weight is 212 g/mol. The van der Waals surface area contributed by atoms with Crippen molar-refractivity contribution in [1.82, 2.24) is 5.32 Å². The molecule has 76 valence electrons. The van der Waals surface area contributed by atoms with E-state index in [1.807, 2.05) is 24.3 Å². The summed E-state index contributed by atoms with van der Waals surface area (Å²) in [6, 6.07) is 8.17. The van der Waals surface area contributed by atoms with Crippen LogP contribution in [0.5, 0.6) is 0 Å². The molecule has 0 bridgehead atoms. The Morgan fingerprint density at radius 3 is 2.93 bits per heavy atom. The molecule has 0 amide bonds. The van der Waals surface area contributed by atoms with Gasteiger partial charge in [-0.05, 0) is 18.2 Å². The minimum absolute atomic E-state index is 0.175. The van der Waals surface area contributed by atoms with Crippen molar-refractivity contribution in [3.8, 4) is 0 Å². The lowest BCUT2D eigenvalue weighted by Gasteiger charge is -2.17. The lowest BCUT2D eigenvalue weighted by atomic mass is 10.2. The molecule has 0 aliphatic carbocycles. The van der Waals surface area contributed by atoms with Crippen LogP contribution >= 0.6 is 11.6 Å². The van der Waals surface area contributed by atoms with Gasteiger partial charge in [-0.1, -0.05) is 17.7 Å². The van der Waals surface area contributed by atoms with Gasteiger partial charge in [-0.15, -0.1) is 0 Å². The summed E-state index contributed by atoms with van der Waals surface area (Å²) < 4.78 is 0. The molecule has 4 heteroatoms. The fourth-order valence-corrected chi connectivity index (χ4v) is 1.84. The van der Waals surface area contributed by atoms with Crippen LogP contribution in [0.25, 0.3) is 0 Å². The molecule has 2 rings (SSSR count). The summed E-state index contributed by atoms with van der Waals surface area (Å²) in [4.78, 5) is 0. The van der Waals surface area contributed by atoms with Gasteiger partial charge in [0.1, 0.15) is 0 Å². The first-order valence-corrected chi connectivity index (χ1v) is 5.12. The third kappa shape index (κ3) is 2.18. The molecule has 0 aromatic heterocycles. The van der Waals surface area contributed by atoms with Crippen LogP contribution in [0.3, 0.4) is 0 Å². The van der Waals surface area contributed by atoms with Gasteiger partial charge in [0.15, 0.2) is 0 Å². The first-order valence-electron chi connectivity index (χ1n) is 4.74. The first-order chi connectivity index (χ1) is 6.75. The van der Waals surface area contributed by atoms with Crippen LogP contribution in [0.4, 0.5) is 5.69 Å². The lowest BCUT2D eigenvalue weighted by Crippen LogP contribution is -2.38. The van der Waals surface area contributed by atoms with Gasteiger partial charge in [-0.2, -0.15) is 0 Å². The van der Waals surface area contributed by atoms with Gasteiger partial charge in [0.2, 0.25) is 0 Å². The van der Waals surface area contributed by atoms with Crippen LogP contribution in [0, 0.1) is 0 Å². The molecule has 14 heavy (non-hydrogen) atoms. The van der Waals surface area contributed by atoms with Gasteiger partial charge < -0.3 is 16.4 Å². The predicted molar refractivity (Wildman–Crippen MR) is 59.7 cm³/mol. The van der Waals surface area contributed by atoms with Crippen LogP contribution < -0.4 is 16.4 Å². The second-order valence-electron chi connectivity index (χ2n) is 3.58. The molecule has 3 nitrogen and oxygen atoms in total. The van der Waals surface area contributed by atoms with Crippen molar-refractivity contribution in [2.45, 2.75) is 12.1 Å². The smallest absolute Gasteiger partial charge is 0.0549 e. The Morgan fingerprint density at radius 2 is 2.29 bits per heavy atom. The second-order valence-corrected chi connectivity index (χ2v) is 4.02. The topological polar surface area (TPSA) is 50.1 Å². The Morgan fingerprint density at radius 1 is 1.43 bits per heavy atom. The van der Waals surface area contributed by atoms with Gasteiger partial charge in [0.25, 0.3) is 0 Å². The van der Waals surface area contributed by atoms with Crippen molar-refractivity contribution >= 4 is 17.3 Å². The maximum Gasteiger partial charge on any atom is 0.0549 e. The molecule has 0 saturated carbocycles. The first kappa shape index (κ1) is 9.77. The van der Waals surface area contributed by atoms with E-state index >= 15 is 0 Å². The molecule has 2 atom stereocenters. The molecule has 1 aromatic carbocycles. The maximum absolute atomic E-state index is 5.91. The molecule has 1 saturated heterocycles. The quantitative estimate of drug-likeness (QED) is 0.686.